The van der Waals surface area contributed by atoms with Crippen LogP contribution in [0.4, 0.5) is 4.79 Å². The van der Waals surface area contributed by atoms with E-state index >= 15 is 0 Å². The molecule has 2 aliphatic heterocycles. The van der Waals surface area contributed by atoms with Crippen LogP contribution in [-0.4, -0.2) is 47.0 Å². The van der Waals surface area contributed by atoms with Gasteiger partial charge in [-0.1, -0.05) is 30.3 Å². The number of benzene rings is 1. The molecule has 0 unspecified atom stereocenters. The normalized spacial score (nSPS) is 20.2. The number of carbonyl (C=O) groups is 2. The van der Waals surface area contributed by atoms with E-state index in [1.54, 1.807) is 4.90 Å². The largest absolute Gasteiger partial charge is 0.444 e. The van der Waals surface area contributed by atoms with Gasteiger partial charge in [0, 0.05) is 38.0 Å². The van der Waals surface area contributed by atoms with Crippen molar-refractivity contribution in [2.45, 2.75) is 52.2 Å². The fourth-order valence-electron chi connectivity index (χ4n) is 3.75. The maximum Gasteiger partial charge on any atom is 0.410 e. The van der Waals surface area contributed by atoms with E-state index in [4.69, 9.17) is 4.74 Å². The summed E-state index contributed by atoms with van der Waals surface area (Å²) >= 11 is 0. The van der Waals surface area contributed by atoms with Crippen molar-refractivity contribution in [2.24, 2.45) is 5.41 Å². The molecule has 2 heterocycles. The average molecular weight is 344 g/mol. The summed E-state index contributed by atoms with van der Waals surface area (Å²) in [6, 6.07) is 10.1. The third-order valence-electron chi connectivity index (χ3n) is 5.10. The fourth-order valence-corrected chi connectivity index (χ4v) is 3.75. The van der Waals surface area contributed by atoms with Gasteiger partial charge in [0.1, 0.15) is 5.60 Å². The van der Waals surface area contributed by atoms with Crippen LogP contribution in [0.15, 0.2) is 30.3 Å². The summed E-state index contributed by atoms with van der Waals surface area (Å²) in [5.41, 5.74) is 0.714. The molecule has 3 rings (SSSR count). The van der Waals surface area contributed by atoms with Gasteiger partial charge in [0.2, 0.25) is 5.91 Å². The molecule has 0 bridgehead atoms. The van der Waals surface area contributed by atoms with E-state index in [-0.39, 0.29) is 17.4 Å². The Hall–Kier alpha value is -2.04. The van der Waals surface area contributed by atoms with Gasteiger partial charge in [0.15, 0.2) is 0 Å². The minimum Gasteiger partial charge on any atom is -0.444 e. The molecule has 1 aromatic rings. The monoisotopic (exact) mass is 344 g/mol. The highest BCUT2D eigenvalue weighted by molar-refractivity contribution is 5.79. The molecule has 0 aromatic heterocycles. The van der Waals surface area contributed by atoms with Gasteiger partial charge in [-0.25, -0.2) is 4.79 Å². The topological polar surface area (TPSA) is 49.9 Å². The van der Waals surface area contributed by atoms with Crippen LogP contribution in [0.1, 0.15) is 45.6 Å². The third kappa shape index (κ3) is 4.33. The van der Waals surface area contributed by atoms with E-state index in [9.17, 15) is 9.59 Å². The van der Waals surface area contributed by atoms with Gasteiger partial charge in [0.05, 0.1) is 0 Å². The minimum atomic E-state index is -0.470. The van der Waals surface area contributed by atoms with Crippen molar-refractivity contribution in [3.63, 3.8) is 0 Å². The first-order valence-electron chi connectivity index (χ1n) is 9.06. The van der Waals surface area contributed by atoms with Crippen LogP contribution in [-0.2, 0) is 16.1 Å². The molecular weight excluding hydrogens is 316 g/mol. The summed E-state index contributed by atoms with van der Waals surface area (Å²) < 4.78 is 5.46. The molecule has 5 nitrogen and oxygen atoms in total. The molecule has 2 amide bonds. The second-order valence-electron chi connectivity index (χ2n) is 8.38. The highest BCUT2D eigenvalue weighted by atomic mass is 16.6. The average Bonchev–Trinajstić information content (AvgIpc) is 2.82. The van der Waals surface area contributed by atoms with E-state index < -0.39 is 5.60 Å². The second kappa shape index (κ2) is 6.70. The Kier molecular flexibility index (Phi) is 4.76. The number of amides is 2. The molecule has 2 saturated heterocycles. The molecule has 2 aliphatic rings. The highest BCUT2D eigenvalue weighted by Gasteiger charge is 2.45. The van der Waals surface area contributed by atoms with Crippen LogP contribution in [0.3, 0.4) is 0 Å². The first kappa shape index (κ1) is 17.8. The second-order valence-corrected chi connectivity index (χ2v) is 8.38. The number of likely N-dealkylation sites (tertiary alicyclic amines) is 2. The first-order valence-corrected chi connectivity index (χ1v) is 9.06. The van der Waals surface area contributed by atoms with E-state index in [1.165, 1.54) is 5.56 Å². The Bertz CT molecular complexity index is 628. The van der Waals surface area contributed by atoms with Crippen LogP contribution in [0, 0.1) is 5.41 Å². The molecule has 0 N–H and O–H groups in total. The van der Waals surface area contributed by atoms with Gasteiger partial charge < -0.3 is 14.5 Å². The van der Waals surface area contributed by atoms with Gasteiger partial charge in [-0.3, -0.25) is 4.79 Å². The maximum absolute atomic E-state index is 12.5. The smallest absolute Gasteiger partial charge is 0.410 e. The SMILES string of the molecule is CC(C)(C)OC(=O)N1CCC2(CC1)CC(=O)N(Cc1ccccc1)C2. The van der Waals surface area contributed by atoms with Crippen molar-refractivity contribution in [2.75, 3.05) is 19.6 Å². The lowest BCUT2D eigenvalue weighted by Crippen LogP contribution is -2.46. The van der Waals surface area contributed by atoms with Gasteiger partial charge in [0.25, 0.3) is 0 Å². The van der Waals surface area contributed by atoms with Gasteiger partial charge in [-0.15, -0.1) is 0 Å². The number of piperidine rings is 1. The summed E-state index contributed by atoms with van der Waals surface area (Å²) in [5.74, 6) is 0.231. The van der Waals surface area contributed by atoms with Crippen LogP contribution in [0.5, 0.6) is 0 Å². The summed E-state index contributed by atoms with van der Waals surface area (Å²) in [6.45, 7) is 8.46. The first-order chi connectivity index (χ1) is 11.8. The Balaban J connectivity index is 1.57. The maximum atomic E-state index is 12.5. The lowest BCUT2D eigenvalue weighted by molar-refractivity contribution is -0.128. The Morgan fingerprint density at radius 2 is 1.80 bits per heavy atom. The molecule has 0 radical (unpaired) electrons. The number of hydrogen-bond donors (Lipinski definition) is 0. The third-order valence-corrected chi connectivity index (χ3v) is 5.10. The molecule has 1 spiro atoms. The quantitative estimate of drug-likeness (QED) is 0.826. The summed E-state index contributed by atoms with van der Waals surface area (Å²) in [4.78, 5) is 28.4. The zero-order valence-corrected chi connectivity index (χ0v) is 15.5. The highest BCUT2D eigenvalue weighted by Crippen LogP contribution is 2.41. The van der Waals surface area contributed by atoms with Crippen molar-refractivity contribution in [3.05, 3.63) is 35.9 Å². The molecular formula is C20H28N2O3. The van der Waals surface area contributed by atoms with Crippen LogP contribution in [0.2, 0.25) is 0 Å². The van der Waals surface area contributed by atoms with E-state index in [0.717, 1.165) is 19.4 Å². The lowest BCUT2D eigenvalue weighted by atomic mass is 9.78. The Labute approximate surface area is 149 Å². The molecule has 5 heteroatoms. The lowest BCUT2D eigenvalue weighted by Gasteiger charge is -2.39. The van der Waals surface area contributed by atoms with Gasteiger partial charge in [-0.05, 0) is 39.2 Å². The number of rotatable bonds is 2. The van der Waals surface area contributed by atoms with E-state index in [0.29, 0.717) is 26.1 Å². The molecule has 1 aromatic carbocycles. The molecule has 136 valence electrons. The number of ether oxygens (including phenoxy) is 1. The predicted octanol–water partition coefficient (Wildman–Crippen LogP) is 3.44. The molecule has 25 heavy (non-hydrogen) atoms. The van der Waals surface area contributed by atoms with Crippen LogP contribution < -0.4 is 0 Å². The van der Waals surface area contributed by atoms with Crippen LogP contribution in [0.25, 0.3) is 0 Å². The summed E-state index contributed by atoms with van der Waals surface area (Å²) in [7, 11) is 0. The molecule has 2 fully saturated rings. The van der Waals surface area contributed by atoms with Crippen molar-refractivity contribution in [1.29, 1.82) is 0 Å². The predicted molar refractivity (Wildman–Crippen MR) is 96.0 cm³/mol. The van der Waals surface area contributed by atoms with Crippen molar-refractivity contribution in [3.8, 4) is 0 Å². The van der Waals surface area contributed by atoms with Crippen molar-refractivity contribution in [1.82, 2.24) is 9.80 Å². The zero-order valence-electron chi connectivity index (χ0n) is 15.5. The van der Waals surface area contributed by atoms with Crippen LogP contribution >= 0.6 is 0 Å². The molecule has 0 aliphatic carbocycles. The van der Waals surface area contributed by atoms with E-state index in [2.05, 4.69) is 12.1 Å². The van der Waals surface area contributed by atoms with Crippen molar-refractivity contribution >= 4 is 12.0 Å². The minimum absolute atomic E-state index is 0.0182. The zero-order chi connectivity index (χ0) is 18.1. The summed E-state index contributed by atoms with van der Waals surface area (Å²) in [5, 5.41) is 0. The van der Waals surface area contributed by atoms with Crippen molar-refractivity contribution < 1.29 is 14.3 Å². The number of hydrogen-bond acceptors (Lipinski definition) is 3. The standard InChI is InChI=1S/C20H28N2O3/c1-19(2,3)25-18(24)21-11-9-20(10-12-21)13-17(23)22(15-20)14-16-7-5-4-6-8-16/h4-8H,9-15H2,1-3H3. The van der Waals surface area contributed by atoms with Gasteiger partial charge in [-0.2, -0.15) is 0 Å². The number of carbonyl (C=O) groups excluding carboxylic acids is 2. The fraction of sp³-hybridized carbons (Fsp3) is 0.600. The molecule has 0 saturated carbocycles. The molecule has 0 atom stereocenters. The number of nitrogens with zero attached hydrogens (tertiary/aromatic N) is 2. The Morgan fingerprint density at radius 3 is 2.40 bits per heavy atom. The summed E-state index contributed by atoms with van der Waals surface area (Å²) in [6.07, 6.45) is 2.09. The van der Waals surface area contributed by atoms with Gasteiger partial charge >= 0.3 is 6.09 Å². The van der Waals surface area contributed by atoms with E-state index in [1.807, 2.05) is 43.9 Å². The Morgan fingerprint density at radius 1 is 1.16 bits per heavy atom.